The Balaban J connectivity index is 0.991. The molecule has 0 spiro atoms. The summed E-state index contributed by atoms with van der Waals surface area (Å²) in [7, 11) is 0. The lowest BCUT2D eigenvalue weighted by atomic mass is 10.0. The number of benzene rings is 6. The molecule has 0 fully saturated rings. The predicted octanol–water partition coefficient (Wildman–Crippen LogP) is 10.1. The molecule has 0 saturated heterocycles. The number of hydrogen-bond donors (Lipinski definition) is 2. The van der Waals surface area contributed by atoms with Gasteiger partial charge in [-0.25, -0.2) is 9.97 Å². The summed E-state index contributed by atoms with van der Waals surface area (Å²) in [6, 6.07) is 42.8. The van der Waals surface area contributed by atoms with E-state index in [0.717, 1.165) is 54.4 Å². The van der Waals surface area contributed by atoms with Crippen molar-refractivity contribution in [3.63, 3.8) is 0 Å². The standard InChI is InChI=1S/C39H32N4/c1(10-24-40-36-30-16-6-8-18-34(30)42-38-28-14-4-2-12-26(28)20-22-32(36)38)11-25-41-37-31-17-7-9-19-35(31)43-39-29-15-5-3-13-27(29)21-23-33(37)39/h2-9,12-23H,1,10-11,24-25H2,(H,40,42)(H,41,43). The summed E-state index contributed by atoms with van der Waals surface area (Å²) in [4.78, 5) is 10.1. The zero-order valence-corrected chi connectivity index (χ0v) is 24.0. The Labute approximate surface area is 250 Å². The molecule has 0 saturated carbocycles. The normalized spacial score (nSPS) is 11.7. The van der Waals surface area contributed by atoms with Crippen LogP contribution >= 0.6 is 0 Å². The number of pyridine rings is 2. The predicted molar refractivity (Wildman–Crippen MR) is 184 cm³/mol. The molecule has 8 aromatic rings. The molecule has 2 aromatic heterocycles. The van der Waals surface area contributed by atoms with E-state index in [4.69, 9.17) is 9.97 Å². The highest BCUT2D eigenvalue weighted by Crippen LogP contribution is 2.36. The smallest absolute Gasteiger partial charge is 0.0808 e. The van der Waals surface area contributed by atoms with Crippen molar-refractivity contribution in [2.75, 3.05) is 23.7 Å². The Morgan fingerprint density at radius 1 is 0.372 bits per heavy atom. The molecule has 0 aliphatic heterocycles. The molecule has 6 aromatic carbocycles. The van der Waals surface area contributed by atoms with Crippen LogP contribution in [0.3, 0.4) is 0 Å². The third kappa shape index (κ3) is 4.56. The molecule has 0 aliphatic carbocycles. The molecule has 0 atom stereocenters. The van der Waals surface area contributed by atoms with Gasteiger partial charge in [0.05, 0.1) is 33.4 Å². The number of fused-ring (bicyclic) bond motifs is 8. The summed E-state index contributed by atoms with van der Waals surface area (Å²) in [5.74, 6) is 0. The van der Waals surface area contributed by atoms with Gasteiger partial charge < -0.3 is 10.6 Å². The van der Waals surface area contributed by atoms with Crippen molar-refractivity contribution in [1.29, 1.82) is 0 Å². The van der Waals surface area contributed by atoms with Crippen LogP contribution in [-0.4, -0.2) is 23.1 Å². The molecule has 43 heavy (non-hydrogen) atoms. The molecule has 4 heteroatoms. The van der Waals surface area contributed by atoms with Crippen molar-refractivity contribution in [2.24, 2.45) is 0 Å². The minimum absolute atomic E-state index is 0.920. The number of para-hydroxylation sites is 2. The molecule has 2 N–H and O–H groups in total. The molecule has 2 heterocycles. The average Bonchev–Trinajstić information content (AvgIpc) is 3.06. The first kappa shape index (κ1) is 25.5. The van der Waals surface area contributed by atoms with Crippen LogP contribution in [0.15, 0.2) is 121 Å². The van der Waals surface area contributed by atoms with Gasteiger partial charge in [-0.3, -0.25) is 0 Å². The average molecular weight is 557 g/mol. The van der Waals surface area contributed by atoms with E-state index in [0.29, 0.717) is 0 Å². The Morgan fingerprint density at radius 3 is 1.28 bits per heavy atom. The summed E-state index contributed by atoms with van der Waals surface area (Å²) in [5.41, 5.74) is 6.56. The van der Waals surface area contributed by atoms with Crippen LogP contribution in [0.2, 0.25) is 0 Å². The fraction of sp³-hybridized carbons (Fsp3) is 0.128. The van der Waals surface area contributed by atoms with E-state index in [9.17, 15) is 0 Å². The van der Waals surface area contributed by atoms with E-state index >= 15 is 0 Å². The monoisotopic (exact) mass is 556 g/mol. The van der Waals surface area contributed by atoms with Crippen molar-refractivity contribution in [3.8, 4) is 0 Å². The molecule has 8 rings (SSSR count). The Hall–Kier alpha value is -5.22. The molecule has 0 aliphatic rings. The summed E-state index contributed by atoms with van der Waals surface area (Å²) >= 11 is 0. The van der Waals surface area contributed by atoms with E-state index in [-0.39, 0.29) is 0 Å². The van der Waals surface area contributed by atoms with Crippen molar-refractivity contribution < 1.29 is 0 Å². The Bertz CT molecular complexity index is 2130. The fourth-order valence-electron chi connectivity index (χ4n) is 6.49. The molecule has 0 bridgehead atoms. The number of nitrogens with zero attached hydrogens (tertiary/aromatic N) is 2. The van der Waals surface area contributed by atoms with Crippen LogP contribution in [0.25, 0.3) is 65.2 Å². The van der Waals surface area contributed by atoms with E-state index < -0.39 is 0 Å². The quantitative estimate of drug-likeness (QED) is 0.111. The van der Waals surface area contributed by atoms with Gasteiger partial charge in [-0.05, 0) is 42.2 Å². The molecule has 0 radical (unpaired) electrons. The lowest BCUT2D eigenvalue weighted by molar-refractivity contribution is 0.722. The first-order chi connectivity index (χ1) is 21.3. The van der Waals surface area contributed by atoms with Crippen LogP contribution in [0.4, 0.5) is 11.4 Å². The van der Waals surface area contributed by atoms with E-state index in [1.807, 2.05) is 0 Å². The van der Waals surface area contributed by atoms with E-state index in [2.05, 4.69) is 132 Å². The third-order valence-electron chi connectivity index (χ3n) is 8.61. The van der Waals surface area contributed by atoms with Crippen molar-refractivity contribution in [2.45, 2.75) is 19.3 Å². The minimum Gasteiger partial charge on any atom is -0.384 e. The van der Waals surface area contributed by atoms with Gasteiger partial charge in [-0.2, -0.15) is 0 Å². The zero-order chi connectivity index (χ0) is 28.6. The second-order valence-electron chi connectivity index (χ2n) is 11.3. The molecular formula is C39H32N4. The highest BCUT2D eigenvalue weighted by atomic mass is 14.9. The SMILES string of the molecule is c1ccc2c(c1)ccc1c(NCCCCCNc3c4ccccc4nc4c3ccc3ccccc34)c3ccccc3nc12. The Kier molecular flexibility index (Phi) is 6.45. The number of hydrogen-bond acceptors (Lipinski definition) is 4. The maximum absolute atomic E-state index is 5.07. The van der Waals surface area contributed by atoms with Gasteiger partial charge in [0.2, 0.25) is 0 Å². The number of unbranched alkanes of at least 4 members (excludes halogenated alkanes) is 2. The Morgan fingerprint density at radius 2 is 0.791 bits per heavy atom. The minimum atomic E-state index is 0.920. The highest BCUT2D eigenvalue weighted by molar-refractivity contribution is 6.17. The third-order valence-corrected chi connectivity index (χ3v) is 8.61. The van der Waals surface area contributed by atoms with Gasteiger partial charge in [0.25, 0.3) is 0 Å². The maximum atomic E-state index is 5.07. The van der Waals surface area contributed by atoms with Gasteiger partial charge in [0.15, 0.2) is 0 Å². The number of anilines is 2. The van der Waals surface area contributed by atoms with Gasteiger partial charge in [-0.1, -0.05) is 109 Å². The van der Waals surface area contributed by atoms with Crippen LogP contribution in [0, 0.1) is 0 Å². The first-order valence-electron chi connectivity index (χ1n) is 15.2. The summed E-state index contributed by atoms with van der Waals surface area (Å²) in [6.45, 7) is 1.84. The zero-order valence-electron chi connectivity index (χ0n) is 24.0. The van der Waals surface area contributed by atoms with Crippen molar-refractivity contribution >= 4 is 76.5 Å². The van der Waals surface area contributed by atoms with Crippen molar-refractivity contribution in [1.82, 2.24) is 9.97 Å². The van der Waals surface area contributed by atoms with Crippen LogP contribution < -0.4 is 10.6 Å². The van der Waals surface area contributed by atoms with Crippen LogP contribution in [0.1, 0.15) is 19.3 Å². The summed E-state index contributed by atoms with van der Waals surface area (Å²) in [5, 5.41) is 17.2. The van der Waals surface area contributed by atoms with E-state index in [1.54, 1.807) is 0 Å². The second-order valence-corrected chi connectivity index (χ2v) is 11.3. The van der Waals surface area contributed by atoms with Crippen LogP contribution in [-0.2, 0) is 0 Å². The largest absolute Gasteiger partial charge is 0.384 e. The first-order valence-corrected chi connectivity index (χ1v) is 15.2. The molecule has 0 unspecified atom stereocenters. The van der Waals surface area contributed by atoms with Gasteiger partial charge >= 0.3 is 0 Å². The van der Waals surface area contributed by atoms with Crippen LogP contribution in [0.5, 0.6) is 0 Å². The number of aromatic nitrogens is 2. The molecule has 4 nitrogen and oxygen atoms in total. The molecule has 208 valence electrons. The lowest BCUT2D eigenvalue weighted by Gasteiger charge is -2.15. The topological polar surface area (TPSA) is 49.8 Å². The highest BCUT2D eigenvalue weighted by Gasteiger charge is 2.13. The van der Waals surface area contributed by atoms with E-state index in [1.165, 1.54) is 54.5 Å². The number of nitrogens with one attached hydrogen (secondary N) is 2. The van der Waals surface area contributed by atoms with Gasteiger partial charge in [0.1, 0.15) is 0 Å². The maximum Gasteiger partial charge on any atom is 0.0808 e. The number of rotatable bonds is 8. The molecule has 0 amide bonds. The van der Waals surface area contributed by atoms with Gasteiger partial charge in [-0.15, -0.1) is 0 Å². The fourth-order valence-corrected chi connectivity index (χ4v) is 6.49. The lowest BCUT2D eigenvalue weighted by Crippen LogP contribution is -2.06. The second kappa shape index (κ2) is 10.9. The summed E-state index contributed by atoms with van der Waals surface area (Å²) < 4.78 is 0. The van der Waals surface area contributed by atoms with Gasteiger partial charge in [0, 0.05) is 45.4 Å². The summed E-state index contributed by atoms with van der Waals surface area (Å²) in [6.07, 6.45) is 3.32. The molecular weight excluding hydrogens is 524 g/mol. The van der Waals surface area contributed by atoms with Crippen molar-refractivity contribution in [3.05, 3.63) is 121 Å².